The van der Waals surface area contributed by atoms with Gasteiger partial charge in [-0.15, -0.1) is 0 Å². The second-order valence-corrected chi connectivity index (χ2v) is 14.7. The van der Waals surface area contributed by atoms with Gasteiger partial charge in [-0.3, -0.25) is 13.9 Å². The Kier molecular flexibility index (Phi) is 12.9. The molecule has 1 atom stereocenters. The number of hydrogen-bond donors (Lipinski definition) is 1. The summed E-state index contributed by atoms with van der Waals surface area (Å²) in [5, 5.41) is 3.40. The van der Waals surface area contributed by atoms with Gasteiger partial charge in [-0.1, -0.05) is 66.9 Å². The number of sulfonamides is 1. The molecular weight excluding hydrogens is 706 g/mol. The molecule has 0 aliphatic heterocycles. The number of benzene rings is 4. The van der Waals surface area contributed by atoms with Crippen molar-refractivity contribution < 1.29 is 37.0 Å². The molecule has 1 saturated carbocycles. The fraction of sp³-hybridized carbons (Fsp3) is 0.333. The van der Waals surface area contributed by atoms with Crippen LogP contribution in [0.4, 0.5) is 5.69 Å². The van der Waals surface area contributed by atoms with E-state index in [2.05, 4.69) is 5.32 Å². The van der Waals surface area contributed by atoms with Crippen molar-refractivity contribution in [2.24, 2.45) is 0 Å². The van der Waals surface area contributed by atoms with Crippen molar-refractivity contribution in [3.05, 3.63) is 107 Å². The van der Waals surface area contributed by atoms with Crippen LogP contribution in [0, 0.1) is 0 Å². The van der Waals surface area contributed by atoms with Crippen molar-refractivity contribution in [2.75, 3.05) is 39.3 Å². The second kappa shape index (κ2) is 17.5. The predicted octanol–water partition coefficient (Wildman–Crippen LogP) is 6.27. The first-order valence-corrected chi connectivity index (χ1v) is 18.7. The van der Waals surface area contributed by atoms with Crippen molar-refractivity contribution in [2.45, 2.75) is 55.6 Å². The molecule has 1 fully saturated rings. The molecule has 11 nitrogen and oxygen atoms in total. The third-order valence-corrected chi connectivity index (χ3v) is 11.1. The van der Waals surface area contributed by atoms with Gasteiger partial charge in [0.15, 0.2) is 11.5 Å². The van der Waals surface area contributed by atoms with Crippen LogP contribution in [0.3, 0.4) is 0 Å². The lowest BCUT2D eigenvalue weighted by Crippen LogP contribution is -2.54. The monoisotopic (exact) mass is 749 g/mol. The summed E-state index contributed by atoms with van der Waals surface area (Å²) in [4.78, 5) is 30.5. The lowest BCUT2D eigenvalue weighted by molar-refractivity contribution is -0.140. The molecule has 13 heteroatoms. The minimum Gasteiger partial charge on any atom is -0.497 e. The van der Waals surface area contributed by atoms with E-state index < -0.39 is 28.5 Å². The van der Waals surface area contributed by atoms with Crippen molar-refractivity contribution in [3.8, 4) is 23.0 Å². The summed E-state index contributed by atoms with van der Waals surface area (Å²) in [6.07, 6.45) is 3.90. The molecule has 0 aromatic heterocycles. The normalized spacial score (nSPS) is 13.6. The highest BCUT2D eigenvalue weighted by atomic mass is 35.5. The van der Waals surface area contributed by atoms with Gasteiger partial charge >= 0.3 is 0 Å². The number of halogens is 1. The summed E-state index contributed by atoms with van der Waals surface area (Å²) < 4.78 is 52.1. The number of ether oxygens (including phenoxy) is 4. The van der Waals surface area contributed by atoms with Crippen LogP contribution in [-0.2, 0) is 32.6 Å². The number of nitrogens with one attached hydrogen (secondary N) is 1. The van der Waals surface area contributed by atoms with Gasteiger partial charge in [0.25, 0.3) is 10.0 Å². The Balaban J connectivity index is 1.63. The Morgan fingerprint density at radius 1 is 0.788 bits per heavy atom. The van der Waals surface area contributed by atoms with Crippen molar-refractivity contribution in [3.63, 3.8) is 0 Å². The molecular formula is C39H44ClN3O8S. The van der Waals surface area contributed by atoms with Crippen LogP contribution < -0.4 is 28.6 Å². The first-order chi connectivity index (χ1) is 25.1. The second-order valence-electron chi connectivity index (χ2n) is 12.4. The van der Waals surface area contributed by atoms with Gasteiger partial charge in [-0.2, -0.15) is 0 Å². The minimum absolute atomic E-state index is 0.0114. The molecule has 5 rings (SSSR count). The SMILES string of the molecule is COc1cccc(CN(C(=O)CN(c2cc(Cl)ccc2OC)S(=O)(=O)c2ccc(OC)c(OC)c2)[C@@H](Cc2ccccc2)C(=O)NC2CCCC2)c1. The topological polar surface area (TPSA) is 124 Å². The molecule has 276 valence electrons. The molecule has 1 aliphatic rings. The summed E-state index contributed by atoms with van der Waals surface area (Å²) in [6, 6.07) is 24.3. The molecule has 0 unspecified atom stereocenters. The molecule has 0 spiro atoms. The Labute approximate surface area is 310 Å². The summed E-state index contributed by atoms with van der Waals surface area (Å²) in [7, 11) is 1.28. The van der Waals surface area contributed by atoms with E-state index in [1.807, 2.05) is 36.4 Å². The van der Waals surface area contributed by atoms with Crippen LogP contribution in [0.15, 0.2) is 95.9 Å². The lowest BCUT2D eigenvalue weighted by Gasteiger charge is -2.34. The summed E-state index contributed by atoms with van der Waals surface area (Å²) in [5.41, 5.74) is 1.56. The zero-order valence-corrected chi connectivity index (χ0v) is 31.3. The first kappa shape index (κ1) is 38.3. The number of methoxy groups -OCH3 is 4. The van der Waals surface area contributed by atoms with Crippen LogP contribution in [-0.4, -0.2) is 72.2 Å². The molecule has 4 aromatic rings. The largest absolute Gasteiger partial charge is 0.497 e. The first-order valence-electron chi connectivity index (χ1n) is 16.9. The van der Waals surface area contributed by atoms with E-state index in [-0.39, 0.29) is 52.0 Å². The zero-order valence-electron chi connectivity index (χ0n) is 29.7. The zero-order chi connectivity index (χ0) is 37.3. The van der Waals surface area contributed by atoms with E-state index >= 15 is 0 Å². The molecule has 0 heterocycles. The highest BCUT2D eigenvalue weighted by Gasteiger charge is 2.37. The van der Waals surface area contributed by atoms with E-state index in [1.54, 1.807) is 31.4 Å². The Morgan fingerprint density at radius 3 is 2.13 bits per heavy atom. The Morgan fingerprint density at radius 2 is 1.46 bits per heavy atom. The van der Waals surface area contributed by atoms with E-state index in [4.69, 9.17) is 30.5 Å². The van der Waals surface area contributed by atoms with E-state index in [0.717, 1.165) is 35.6 Å². The van der Waals surface area contributed by atoms with Gasteiger partial charge in [0.2, 0.25) is 11.8 Å². The number of carbonyl (C=O) groups is 2. The summed E-state index contributed by atoms with van der Waals surface area (Å²) >= 11 is 6.43. The Hall–Kier alpha value is -4.94. The average molecular weight is 750 g/mol. The van der Waals surface area contributed by atoms with Crippen molar-refractivity contribution in [1.29, 1.82) is 0 Å². The van der Waals surface area contributed by atoms with Crippen molar-refractivity contribution in [1.82, 2.24) is 10.2 Å². The van der Waals surface area contributed by atoms with Gasteiger partial charge in [0.1, 0.15) is 24.1 Å². The fourth-order valence-corrected chi connectivity index (χ4v) is 7.96. The lowest BCUT2D eigenvalue weighted by atomic mass is 10.0. The highest BCUT2D eigenvalue weighted by molar-refractivity contribution is 7.92. The van der Waals surface area contributed by atoms with Crippen LogP contribution in [0.25, 0.3) is 0 Å². The molecule has 0 radical (unpaired) electrons. The van der Waals surface area contributed by atoms with Gasteiger partial charge < -0.3 is 29.2 Å². The van der Waals surface area contributed by atoms with E-state index in [0.29, 0.717) is 17.1 Å². The van der Waals surface area contributed by atoms with Crippen molar-refractivity contribution >= 4 is 39.1 Å². The van der Waals surface area contributed by atoms with Gasteiger partial charge in [0.05, 0.1) is 39.0 Å². The minimum atomic E-state index is -4.51. The standard InChI is InChI=1S/C39H44ClN3O8S/c1-48-31-16-10-13-28(21-31)25-42(34(22-27-11-6-5-7-12-27)39(45)41-30-14-8-9-15-30)38(44)26-43(33-23-29(40)17-19-35(33)49-2)52(46,47)32-18-20-36(50-3)37(24-32)51-4/h5-7,10-13,16-21,23-24,30,34H,8-9,14-15,22,25-26H2,1-4H3,(H,41,45)/t34-/m0/s1. The van der Waals surface area contributed by atoms with Crippen LogP contribution in [0.2, 0.25) is 5.02 Å². The van der Waals surface area contributed by atoms with E-state index in [1.165, 1.54) is 56.6 Å². The molecule has 0 bridgehead atoms. The number of nitrogens with zero attached hydrogens (tertiary/aromatic N) is 2. The summed E-state index contributed by atoms with van der Waals surface area (Å²) in [6.45, 7) is -0.706. The summed E-state index contributed by atoms with van der Waals surface area (Å²) in [5.74, 6) is 0.296. The van der Waals surface area contributed by atoms with E-state index in [9.17, 15) is 18.0 Å². The fourth-order valence-electron chi connectivity index (χ4n) is 6.36. The molecule has 4 aromatic carbocycles. The molecule has 1 N–H and O–H groups in total. The van der Waals surface area contributed by atoms with Crippen LogP contribution >= 0.6 is 11.6 Å². The number of carbonyl (C=O) groups excluding carboxylic acids is 2. The Bertz CT molecular complexity index is 1950. The van der Waals surface area contributed by atoms with Gasteiger partial charge in [0, 0.05) is 30.1 Å². The maximum absolute atomic E-state index is 14.9. The van der Waals surface area contributed by atoms with Crippen LogP contribution in [0.1, 0.15) is 36.8 Å². The van der Waals surface area contributed by atoms with Crippen LogP contribution in [0.5, 0.6) is 23.0 Å². The molecule has 0 saturated heterocycles. The van der Waals surface area contributed by atoms with Gasteiger partial charge in [-0.05, 0) is 66.4 Å². The predicted molar refractivity (Wildman–Crippen MR) is 200 cm³/mol. The highest BCUT2D eigenvalue weighted by Crippen LogP contribution is 2.37. The molecule has 52 heavy (non-hydrogen) atoms. The maximum Gasteiger partial charge on any atom is 0.265 e. The average Bonchev–Trinajstić information content (AvgIpc) is 3.68. The van der Waals surface area contributed by atoms with Gasteiger partial charge in [-0.25, -0.2) is 8.42 Å². The third-order valence-electron chi connectivity index (χ3n) is 9.09. The maximum atomic E-state index is 14.9. The smallest absolute Gasteiger partial charge is 0.265 e. The number of hydrogen-bond acceptors (Lipinski definition) is 8. The number of rotatable bonds is 16. The number of anilines is 1. The number of amides is 2. The quantitative estimate of drug-likeness (QED) is 0.142. The third kappa shape index (κ3) is 9.10. The molecule has 2 amide bonds. The molecule has 1 aliphatic carbocycles.